The number of fused-ring (bicyclic) bond motifs is 15. The van der Waals surface area contributed by atoms with Crippen molar-refractivity contribution in [2.45, 2.75) is 257 Å². The Bertz CT molecular complexity index is 7540. The lowest BCUT2D eigenvalue weighted by molar-refractivity contribution is -0.0109. The van der Waals surface area contributed by atoms with Crippen LogP contribution in [0.4, 0.5) is 28.4 Å². The topological polar surface area (TPSA) is 362 Å². The van der Waals surface area contributed by atoms with Crippen molar-refractivity contribution in [3.63, 3.8) is 0 Å². The second kappa shape index (κ2) is 34.5. The largest absolute Gasteiger partial charge is 0.444 e. The zero-order valence-electron chi connectivity index (χ0n) is 84.9. The summed E-state index contributed by atoms with van der Waals surface area (Å²) in [5, 5.41) is 36.4. The smallest absolute Gasteiger partial charge is 0.410 e. The third-order valence-electron chi connectivity index (χ3n) is 29.0. The molecule has 1 unspecified atom stereocenters. The molecule has 2 aromatic carbocycles. The van der Waals surface area contributed by atoms with E-state index in [2.05, 4.69) is 144 Å². The molecule has 744 valence electrons. The normalized spacial score (nSPS) is 18.1. The van der Waals surface area contributed by atoms with E-state index in [1.54, 1.807) is 36.8 Å². The van der Waals surface area contributed by atoms with Gasteiger partial charge in [0.2, 0.25) is 0 Å². The summed E-state index contributed by atoms with van der Waals surface area (Å²) in [5.74, 6) is -0.278. The number of nitrogens with one attached hydrogen (secondary N) is 3. The number of nitrogens with zero attached hydrogens (tertiary/aromatic N) is 21. The van der Waals surface area contributed by atoms with Crippen molar-refractivity contribution in [3.05, 3.63) is 198 Å². The SMILES string of the molecule is CC(C)(C)OC(=O)N1CC2(CCn3nc(-c4cnc5ccc(F)cc5c4)cc32)C1.CC1CC2(CN(C(=O)OC(C)(C)C)C2)c2cc(-c3cnc4ccccc4c3)nn21.CCc1c[nH]c2ncc(-c3cc4n(n3)CCC43CN(C(=O)OC(C)(C)C)C3)cc12.Cc1cc2cc(-c3cc4n(n3)CCC43CN(C(=O)OC(C)(C)C)C3)cnc2[nH]1.Cc1n[nH]c2ncc(-c3cc4n(n3)CCC43CN(C(=O)OC(C)(C)C)C3)cc12. The maximum atomic E-state index is 13.6. The lowest BCUT2D eigenvalue weighted by Gasteiger charge is -2.47. The Morgan fingerprint density at radius 2 is 0.748 bits per heavy atom. The fourth-order valence-electron chi connectivity index (χ4n) is 22.1. The molecule has 0 aliphatic carbocycles. The van der Waals surface area contributed by atoms with Gasteiger partial charge >= 0.3 is 30.5 Å². The average molecular weight is 1940 g/mol. The number of H-pyrrole nitrogens is 3. The minimum Gasteiger partial charge on any atom is -0.444 e. The standard InChI is InChI=1S/C23H26N4O2.C22H23FN4O2.C22H27N5O2.C21H25N5O2.C20H24N6O2/c1-15-11-23(13-26(14-23)21(28)29-22(2,3)4)20-10-19(25-27(15)20)17-9-16-7-5-6-8-18(16)24-12-17;1-21(2,3)29-20(28)26-12-22(13-26)6-7-27-19(22)10-18(25-27)15-8-14-9-16(23)4-5-17(14)24-11-15;1-5-14-10-23-19-16(14)8-15(11-24-19)17-9-18-22(6-7-27(18)25-17)12-26(13-22)20(28)29-21(2,3)4;1-13-7-14-8-15(10-22-18(14)23-13)16-9-17-21(5-6-26(17)24-16)11-25(12-21)19(27)28-20(2,3)4;1-12-14-7-13(9-21-17(14)23-22-12)15-8-16-20(5-6-26(16)24-15)10-25(11-20)18(27)28-19(2,3)4/h5-10,12,15H,11,13-14H2,1-4H3;4-5,8-11H,6-7,12-13H2,1-3H3;8-11H,5-7,12-13H2,1-4H3,(H,23,24);7-10H,5-6,11-12H2,1-4H3,(H,22,23);7-9H,5-6,10-11H2,1-4H3,(H,21,22,23). The first-order valence-corrected chi connectivity index (χ1v) is 49.7. The molecule has 0 radical (unpaired) electrons. The first-order chi connectivity index (χ1) is 67.7. The van der Waals surface area contributed by atoms with Gasteiger partial charge in [-0.15, -0.1) is 0 Å². The molecule has 1 atom stereocenters. The highest BCUT2D eigenvalue weighted by atomic mass is 19.1. The Kier molecular flexibility index (Phi) is 22.8. The number of pyridine rings is 5. The lowest BCUT2D eigenvalue weighted by atomic mass is 9.75. The molecular formula is C108H125FN24O10. The molecule has 5 fully saturated rings. The number of amides is 5. The van der Waals surface area contributed by atoms with Crippen molar-refractivity contribution >= 4 is 85.4 Å². The van der Waals surface area contributed by atoms with Crippen LogP contribution < -0.4 is 0 Å². The summed E-state index contributed by atoms with van der Waals surface area (Å²) in [6, 6.07) is 36.3. The summed E-state index contributed by atoms with van der Waals surface area (Å²) < 4.78 is 51.5. The summed E-state index contributed by atoms with van der Waals surface area (Å²) in [7, 11) is 0. The Morgan fingerprint density at radius 3 is 1.17 bits per heavy atom. The van der Waals surface area contributed by atoms with Crippen molar-refractivity contribution in [2.75, 3.05) is 65.4 Å². The van der Waals surface area contributed by atoms with Gasteiger partial charge in [-0.25, -0.2) is 43.3 Å². The molecule has 15 aromatic rings. The molecule has 25 rings (SSSR count). The number of halogens is 1. The number of carbonyl (C=O) groups is 5. The van der Waals surface area contributed by atoms with E-state index in [1.165, 1.54) is 40.5 Å². The molecule has 10 aliphatic heterocycles. The Hall–Kier alpha value is -14.4. The number of benzene rings is 2. The van der Waals surface area contributed by atoms with Crippen molar-refractivity contribution in [2.24, 2.45) is 0 Å². The summed E-state index contributed by atoms with van der Waals surface area (Å²) in [6.45, 7) is 47.0. The fraction of sp³-hybridized carbons (Fsp3) is 0.463. The second-order valence-corrected chi connectivity index (χ2v) is 45.9. The van der Waals surface area contributed by atoms with Crippen molar-refractivity contribution in [1.29, 1.82) is 0 Å². The number of aromatic amines is 3. The van der Waals surface area contributed by atoms with Crippen LogP contribution in [0.1, 0.15) is 201 Å². The minimum absolute atomic E-state index is 0.00233. The van der Waals surface area contributed by atoms with E-state index in [0.717, 1.165) is 193 Å². The number of likely N-dealkylation sites (tertiary alicyclic amines) is 5. The van der Waals surface area contributed by atoms with Gasteiger partial charge in [-0.05, 0) is 260 Å². The summed E-state index contributed by atoms with van der Waals surface area (Å²) in [4.78, 5) is 99.7. The third kappa shape index (κ3) is 18.2. The van der Waals surface area contributed by atoms with Gasteiger partial charge in [0, 0.05) is 245 Å². The number of aromatic nitrogens is 19. The van der Waals surface area contributed by atoms with Gasteiger partial charge in [0.25, 0.3) is 0 Å². The first-order valence-electron chi connectivity index (χ1n) is 49.7. The molecule has 5 saturated heterocycles. The molecule has 35 heteroatoms. The van der Waals surface area contributed by atoms with Crippen LogP contribution in [0.2, 0.25) is 0 Å². The maximum absolute atomic E-state index is 13.6. The molecule has 34 nitrogen and oxygen atoms in total. The molecule has 3 N–H and O–H groups in total. The summed E-state index contributed by atoms with van der Waals surface area (Å²) in [5.41, 5.74) is 20.7. The molecule has 5 spiro atoms. The van der Waals surface area contributed by atoms with Crippen LogP contribution in [-0.4, -0.2) is 242 Å². The van der Waals surface area contributed by atoms with E-state index in [0.29, 0.717) is 71.5 Å². The molecule has 23 heterocycles. The molecular weight excluding hydrogens is 1810 g/mol. The number of para-hydroxylation sites is 1. The van der Waals surface area contributed by atoms with Crippen LogP contribution >= 0.6 is 0 Å². The van der Waals surface area contributed by atoms with Crippen LogP contribution in [0.5, 0.6) is 0 Å². The molecule has 143 heavy (non-hydrogen) atoms. The molecule has 0 saturated carbocycles. The lowest BCUT2D eigenvalue weighted by Crippen LogP contribution is -2.61. The maximum Gasteiger partial charge on any atom is 0.410 e. The number of hydrogen-bond acceptors (Lipinski definition) is 21. The predicted octanol–water partition coefficient (Wildman–Crippen LogP) is 19.2. The highest BCUT2D eigenvalue weighted by molar-refractivity contribution is 5.88. The molecule has 10 aliphatic rings. The van der Waals surface area contributed by atoms with Gasteiger partial charge in [-0.2, -0.15) is 30.6 Å². The van der Waals surface area contributed by atoms with E-state index in [1.807, 2.05) is 178 Å². The fourth-order valence-corrected chi connectivity index (χ4v) is 22.1. The second-order valence-electron chi connectivity index (χ2n) is 45.9. The Labute approximate surface area is 828 Å². The van der Waals surface area contributed by atoms with Gasteiger partial charge in [-0.3, -0.25) is 38.5 Å². The first kappa shape index (κ1) is 94.8. The van der Waals surface area contributed by atoms with E-state index in [4.69, 9.17) is 49.2 Å². The number of aryl methyl sites for hydroxylation is 7. The third-order valence-corrected chi connectivity index (χ3v) is 29.0. The van der Waals surface area contributed by atoms with Crippen LogP contribution in [0.15, 0.2) is 146 Å². The van der Waals surface area contributed by atoms with E-state index >= 15 is 0 Å². The van der Waals surface area contributed by atoms with E-state index in [9.17, 15) is 28.4 Å². The Balaban J connectivity index is 0.000000106. The minimum atomic E-state index is -0.493. The molecule has 13 aromatic heterocycles. The van der Waals surface area contributed by atoms with Gasteiger partial charge in [-0.1, -0.05) is 25.1 Å². The van der Waals surface area contributed by atoms with E-state index < -0.39 is 28.0 Å². The number of ether oxygens (including phenoxy) is 5. The quantitative estimate of drug-likeness (QED) is 0.130. The predicted molar refractivity (Wildman–Crippen MR) is 540 cm³/mol. The monoisotopic (exact) mass is 1940 g/mol. The molecule has 5 amide bonds. The van der Waals surface area contributed by atoms with E-state index in [-0.39, 0.29) is 63.4 Å². The number of hydrogen-bond donors (Lipinski definition) is 3. The van der Waals surface area contributed by atoms with Crippen LogP contribution in [-0.2, 0) is 83.4 Å². The number of carbonyl (C=O) groups excluding carboxylic acids is 5. The average Bonchev–Trinajstić information content (AvgIpc) is 1.60. The summed E-state index contributed by atoms with van der Waals surface area (Å²) >= 11 is 0. The van der Waals surface area contributed by atoms with Gasteiger partial charge < -0.3 is 58.2 Å². The molecule has 0 bridgehead atoms. The Morgan fingerprint density at radius 1 is 0.392 bits per heavy atom. The van der Waals surface area contributed by atoms with Gasteiger partial charge in [0.05, 0.1) is 51.2 Å². The van der Waals surface area contributed by atoms with Gasteiger partial charge in [0.1, 0.15) is 45.1 Å². The highest BCUT2D eigenvalue weighted by Crippen LogP contribution is 2.52. The number of rotatable bonds is 6. The van der Waals surface area contributed by atoms with Crippen molar-refractivity contribution < 1.29 is 52.0 Å². The van der Waals surface area contributed by atoms with Gasteiger partial charge in [0.15, 0.2) is 5.65 Å². The summed E-state index contributed by atoms with van der Waals surface area (Å²) in [6.07, 6.45) is 16.1. The zero-order chi connectivity index (χ0) is 101. The van der Waals surface area contributed by atoms with Crippen molar-refractivity contribution in [1.82, 2.24) is 118 Å². The van der Waals surface area contributed by atoms with Crippen molar-refractivity contribution in [3.8, 4) is 56.3 Å². The van der Waals surface area contributed by atoms with Crippen LogP contribution in [0.3, 0.4) is 0 Å². The zero-order valence-corrected chi connectivity index (χ0v) is 84.9. The van der Waals surface area contributed by atoms with Crippen LogP contribution in [0.25, 0.3) is 111 Å². The highest BCUT2D eigenvalue weighted by Gasteiger charge is 2.58. The van der Waals surface area contributed by atoms with Crippen LogP contribution in [0, 0.1) is 19.7 Å².